The van der Waals surface area contributed by atoms with E-state index >= 15 is 0 Å². The van der Waals surface area contributed by atoms with Gasteiger partial charge in [-0.1, -0.05) is 22.0 Å². The Balaban J connectivity index is 2.15. The predicted octanol–water partition coefficient (Wildman–Crippen LogP) is 2.90. The fourth-order valence-electron chi connectivity index (χ4n) is 2.28. The molecule has 1 aliphatic carbocycles. The number of halogens is 1. The molecule has 14 heavy (non-hydrogen) atoms. The van der Waals surface area contributed by atoms with Gasteiger partial charge in [-0.2, -0.15) is 0 Å². The molecule has 1 aromatic rings. The highest BCUT2D eigenvalue weighted by molar-refractivity contribution is 9.10. The van der Waals surface area contributed by atoms with Gasteiger partial charge in [0.1, 0.15) is 0 Å². The second-order valence-corrected chi connectivity index (χ2v) is 5.01. The van der Waals surface area contributed by atoms with E-state index in [1.165, 1.54) is 41.3 Å². The summed E-state index contributed by atoms with van der Waals surface area (Å²) in [5.41, 5.74) is 8.64. The number of hydrogen-bond donors (Lipinski definition) is 1. The third kappa shape index (κ3) is 2.18. The first-order chi connectivity index (χ1) is 6.79. The lowest BCUT2D eigenvalue weighted by molar-refractivity contribution is 0.433. The summed E-state index contributed by atoms with van der Waals surface area (Å²) in [4.78, 5) is 0. The Morgan fingerprint density at radius 3 is 3.00 bits per heavy atom. The summed E-state index contributed by atoms with van der Waals surface area (Å²) in [5, 5.41) is 0. The predicted molar refractivity (Wildman–Crippen MR) is 63.3 cm³/mol. The molecule has 0 bridgehead atoms. The maximum atomic E-state index is 5.60. The van der Waals surface area contributed by atoms with Crippen molar-refractivity contribution in [1.82, 2.24) is 0 Å². The second kappa shape index (κ2) is 4.45. The molecule has 1 aliphatic rings. The Hall–Kier alpha value is -0.340. The minimum atomic E-state index is 0.814. The zero-order valence-electron chi connectivity index (χ0n) is 8.30. The van der Waals surface area contributed by atoms with Crippen molar-refractivity contribution in [2.75, 3.05) is 6.54 Å². The summed E-state index contributed by atoms with van der Waals surface area (Å²) in [6.45, 7) is 0.830. The summed E-state index contributed by atoms with van der Waals surface area (Å²) in [6, 6.07) is 6.65. The first-order valence-electron chi connectivity index (χ1n) is 5.27. The third-order valence-corrected chi connectivity index (χ3v) is 3.57. The highest BCUT2D eigenvalue weighted by Gasteiger charge is 2.17. The topological polar surface area (TPSA) is 26.0 Å². The highest BCUT2D eigenvalue weighted by Crippen LogP contribution is 2.29. The Morgan fingerprint density at radius 1 is 1.36 bits per heavy atom. The smallest absolute Gasteiger partial charge is 0.0178 e. The summed E-state index contributed by atoms with van der Waals surface area (Å²) in [7, 11) is 0. The fraction of sp³-hybridized carbons (Fsp3) is 0.500. The molecule has 0 aromatic heterocycles. The highest BCUT2D eigenvalue weighted by atomic mass is 79.9. The Morgan fingerprint density at radius 2 is 2.21 bits per heavy atom. The molecular formula is C12H16BrN. The summed E-state index contributed by atoms with van der Waals surface area (Å²) >= 11 is 3.52. The van der Waals surface area contributed by atoms with Crippen molar-refractivity contribution in [3.63, 3.8) is 0 Å². The number of hydrogen-bond acceptors (Lipinski definition) is 1. The van der Waals surface area contributed by atoms with Crippen molar-refractivity contribution in [3.05, 3.63) is 33.8 Å². The van der Waals surface area contributed by atoms with Crippen LogP contribution in [0.2, 0.25) is 0 Å². The first-order valence-corrected chi connectivity index (χ1v) is 6.06. The minimum Gasteiger partial charge on any atom is -0.330 e. The molecule has 0 saturated heterocycles. The van der Waals surface area contributed by atoms with Crippen LogP contribution < -0.4 is 5.73 Å². The molecule has 0 saturated carbocycles. The molecule has 2 N–H and O–H groups in total. The van der Waals surface area contributed by atoms with Crippen molar-refractivity contribution in [1.29, 1.82) is 0 Å². The average Bonchev–Trinajstić information content (AvgIpc) is 2.19. The molecule has 0 heterocycles. The van der Waals surface area contributed by atoms with Gasteiger partial charge in [0.2, 0.25) is 0 Å². The van der Waals surface area contributed by atoms with Crippen LogP contribution in [0.4, 0.5) is 0 Å². The normalized spacial score (nSPS) is 20.6. The van der Waals surface area contributed by atoms with Gasteiger partial charge in [0, 0.05) is 4.47 Å². The largest absolute Gasteiger partial charge is 0.330 e. The molecule has 2 rings (SSSR count). The van der Waals surface area contributed by atoms with Crippen LogP contribution in [0.1, 0.15) is 24.0 Å². The molecule has 1 unspecified atom stereocenters. The number of fused-ring (bicyclic) bond motifs is 1. The maximum absolute atomic E-state index is 5.60. The number of rotatable bonds is 2. The van der Waals surface area contributed by atoms with Crippen LogP contribution in [-0.2, 0) is 12.8 Å². The van der Waals surface area contributed by atoms with Crippen molar-refractivity contribution in [2.24, 2.45) is 11.7 Å². The number of benzene rings is 1. The lowest BCUT2D eigenvalue weighted by Crippen LogP contribution is -2.17. The van der Waals surface area contributed by atoms with Gasteiger partial charge in [-0.25, -0.2) is 0 Å². The quantitative estimate of drug-likeness (QED) is 0.862. The summed E-state index contributed by atoms with van der Waals surface area (Å²) < 4.78 is 1.20. The lowest BCUT2D eigenvalue weighted by Gasteiger charge is -2.24. The van der Waals surface area contributed by atoms with Crippen LogP contribution in [0.3, 0.4) is 0 Å². The number of aryl methyl sites for hydroxylation is 1. The molecule has 0 spiro atoms. The molecule has 2 heteroatoms. The third-order valence-electron chi connectivity index (χ3n) is 3.07. The van der Waals surface area contributed by atoms with Crippen molar-refractivity contribution in [2.45, 2.75) is 25.7 Å². The first kappa shape index (κ1) is 10.2. The molecule has 1 nitrogen and oxygen atoms in total. The lowest BCUT2D eigenvalue weighted by atomic mass is 9.82. The van der Waals surface area contributed by atoms with E-state index in [4.69, 9.17) is 5.73 Å². The van der Waals surface area contributed by atoms with Gasteiger partial charge in [-0.3, -0.25) is 0 Å². The molecule has 1 atom stereocenters. The summed E-state index contributed by atoms with van der Waals surface area (Å²) in [5.74, 6) is 0.814. The Kier molecular flexibility index (Phi) is 3.24. The van der Waals surface area contributed by atoms with Crippen molar-refractivity contribution in [3.8, 4) is 0 Å². The van der Waals surface area contributed by atoms with Gasteiger partial charge in [0.25, 0.3) is 0 Å². The van der Waals surface area contributed by atoms with Crippen LogP contribution in [0, 0.1) is 5.92 Å². The van der Waals surface area contributed by atoms with Crippen molar-refractivity contribution < 1.29 is 0 Å². The van der Waals surface area contributed by atoms with Crippen LogP contribution >= 0.6 is 15.9 Å². The van der Waals surface area contributed by atoms with E-state index in [0.717, 1.165) is 12.5 Å². The maximum Gasteiger partial charge on any atom is 0.0178 e. The van der Waals surface area contributed by atoms with E-state index in [2.05, 4.69) is 34.1 Å². The molecule has 0 radical (unpaired) electrons. The standard InChI is InChI=1S/C12H16BrN/c13-12-4-3-10-7-9(5-6-14)1-2-11(10)8-12/h3-4,8-9H,1-2,5-7,14H2. The van der Waals surface area contributed by atoms with E-state index in [9.17, 15) is 0 Å². The van der Waals surface area contributed by atoms with E-state index in [0.29, 0.717) is 0 Å². The van der Waals surface area contributed by atoms with E-state index in [1.54, 1.807) is 0 Å². The van der Waals surface area contributed by atoms with Gasteiger partial charge < -0.3 is 5.73 Å². The molecule has 0 fully saturated rings. The number of nitrogens with two attached hydrogens (primary N) is 1. The summed E-state index contributed by atoms with van der Waals surface area (Å²) in [6.07, 6.45) is 4.93. The SMILES string of the molecule is NCCC1CCc2cc(Br)ccc2C1. The van der Waals surface area contributed by atoms with Crippen LogP contribution in [-0.4, -0.2) is 6.54 Å². The van der Waals surface area contributed by atoms with Gasteiger partial charge in [-0.05, 0) is 61.4 Å². The van der Waals surface area contributed by atoms with E-state index in [-0.39, 0.29) is 0 Å². The van der Waals surface area contributed by atoms with Crippen LogP contribution in [0.15, 0.2) is 22.7 Å². The van der Waals surface area contributed by atoms with E-state index < -0.39 is 0 Å². The Bertz CT molecular complexity index is 322. The van der Waals surface area contributed by atoms with Crippen LogP contribution in [0.5, 0.6) is 0 Å². The molecule has 0 amide bonds. The zero-order chi connectivity index (χ0) is 9.97. The van der Waals surface area contributed by atoms with Gasteiger partial charge in [0.05, 0.1) is 0 Å². The van der Waals surface area contributed by atoms with Gasteiger partial charge >= 0.3 is 0 Å². The van der Waals surface area contributed by atoms with Gasteiger partial charge in [-0.15, -0.1) is 0 Å². The van der Waals surface area contributed by atoms with Crippen LogP contribution in [0.25, 0.3) is 0 Å². The molecule has 1 aromatic carbocycles. The van der Waals surface area contributed by atoms with E-state index in [1.807, 2.05) is 0 Å². The molecular weight excluding hydrogens is 238 g/mol. The average molecular weight is 254 g/mol. The van der Waals surface area contributed by atoms with Gasteiger partial charge in [0.15, 0.2) is 0 Å². The second-order valence-electron chi connectivity index (χ2n) is 4.10. The zero-order valence-corrected chi connectivity index (χ0v) is 9.89. The molecule has 76 valence electrons. The van der Waals surface area contributed by atoms with Crippen molar-refractivity contribution >= 4 is 15.9 Å². The molecule has 0 aliphatic heterocycles. The fourth-order valence-corrected chi connectivity index (χ4v) is 2.69. The Labute approximate surface area is 93.8 Å². The minimum absolute atomic E-state index is 0.814. The monoisotopic (exact) mass is 253 g/mol.